The zero-order valence-electron chi connectivity index (χ0n) is 10.8. The topological polar surface area (TPSA) is 39.1 Å². The SMILES string of the molecule is Cl.Cl.N#CC[C@H](c1ccc(F)cc1Br)N1CCNCC1. The minimum absolute atomic E-state index is 0. The molecule has 1 heterocycles. The lowest BCUT2D eigenvalue weighted by Gasteiger charge is -2.34. The van der Waals surface area contributed by atoms with Crippen molar-refractivity contribution in [2.75, 3.05) is 26.2 Å². The molecular weight excluding hydrogens is 368 g/mol. The van der Waals surface area contributed by atoms with Crippen LogP contribution in [0.15, 0.2) is 22.7 Å². The van der Waals surface area contributed by atoms with Gasteiger partial charge in [-0.1, -0.05) is 22.0 Å². The summed E-state index contributed by atoms with van der Waals surface area (Å²) >= 11 is 3.39. The number of halogens is 4. The van der Waals surface area contributed by atoms with E-state index in [2.05, 4.69) is 32.2 Å². The maximum atomic E-state index is 13.1. The molecule has 1 N–H and O–H groups in total. The van der Waals surface area contributed by atoms with Gasteiger partial charge in [0, 0.05) is 36.7 Å². The molecule has 0 aliphatic carbocycles. The highest BCUT2D eigenvalue weighted by Crippen LogP contribution is 2.31. The Balaban J connectivity index is 0.00000180. The van der Waals surface area contributed by atoms with Crippen molar-refractivity contribution < 1.29 is 4.39 Å². The summed E-state index contributed by atoms with van der Waals surface area (Å²) in [5.41, 5.74) is 0.986. The van der Waals surface area contributed by atoms with Crippen LogP contribution in [0.4, 0.5) is 4.39 Å². The van der Waals surface area contributed by atoms with Crippen molar-refractivity contribution in [2.45, 2.75) is 12.5 Å². The van der Waals surface area contributed by atoms with Crippen molar-refractivity contribution >= 4 is 40.7 Å². The summed E-state index contributed by atoms with van der Waals surface area (Å²) in [5, 5.41) is 12.3. The molecule has 0 aromatic heterocycles. The molecule has 0 bridgehead atoms. The number of nitrogens with zero attached hydrogens (tertiary/aromatic N) is 2. The second-order valence-corrected chi connectivity index (χ2v) is 5.18. The van der Waals surface area contributed by atoms with E-state index >= 15 is 0 Å². The van der Waals surface area contributed by atoms with Gasteiger partial charge in [0.2, 0.25) is 0 Å². The van der Waals surface area contributed by atoms with Gasteiger partial charge >= 0.3 is 0 Å². The first-order chi connectivity index (χ1) is 8.72. The number of nitrogens with one attached hydrogen (secondary N) is 1. The van der Waals surface area contributed by atoms with Crippen LogP contribution < -0.4 is 5.32 Å². The van der Waals surface area contributed by atoms with Crippen LogP contribution in [0.3, 0.4) is 0 Å². The second kappa shape index (κ2) is 9.54. The first kappa shape index (κ1) is 19.6. The molecule has 1 atom stereocenters. The summed E-state index contributed by atoms with van der Waals surface area (Å²) in [6.07, 6.45) is 0.421. The van der Waals surface area contributed by atoms with Gasteiger partial charge in [-0.2, -0.15) is 5.26 Å². The van der Waals surface area contributed by atoms with E-state index < -0.39 is 0 Å². The van der Waals surface area contributed by atoms with Crippen molar-refractivity contribution in [3.05, 3.63) is 34.1 Å². The highest BCUT2D eigenvalue weighted by atomic mass is 79.9. The summed E-state index contributed by atoms with van der Waals surface area (Å²) in [6, 6.07) is 6.94. The highest BCUT2D eigenvalue weighted by molar-refractivity contribution is 9.10. The minimum Gasteiger partial charge on any atom is -0.314 e. The van der Waals surface area contributed by atoms with Gasteiger partial charge in [-0.15, -0.1) is 24.8 Å². The molecule has 3 nitrogen and oxygen atoms in total. The van der Waals surface area contributed by atoms with Crippen LogP contribution >= 0.6 is 40.7 Å². The van der Waals surface area contributed by atoms with Crippen molar-refractivity contribution in [2.24, 2.45) is 0 Å². The average Bonchev–Trinajstić information content (AvgIpc) is 2.38. The van der Waals surface area contributed by atoms with E-state index in [-0.39, 0.29) is 36.7 Å². The van der Waals surface area contributed by atoms with Crippen molar-refractivity contribution in [1.29, 1.82) is 5.26 Å². The molecule has 0 amide bonds. The van der Waals surface area contributed by atoms with Gasteiger partial charge in [0.05, 0.1) is 12.5 Å². The summed E-state index contributed by atoms with van der Waals surface area (Å²) in [7, 11) is 0. The molecule has 1 saturated heterocycles. The molecular formula is C13H17BrCl2FN3. The first-order valence-electron chi connectivity index (χ1n) is 5.99. The summed E-state index contributed by atoms with van der Waals surface area (Å²) in [5.74, 6) is -0.262. The lowest BCUT2D eigenvalue weighted by atomic mass is 10.0. The Bertz CT molecular complexity index is 461. The third kappa shape index (κ3) is 4.87. The van der Waals surface area contributed by atoms with Gasteiger partial charge in [0.1, 0.15) is 5.82 Å². The maximum Gasteiger partial charge on any atom is 0.124 e. The smallest absolute Gasteiger partial charge is 0.124 e. The zero-order chi connectivity index (χ0) is 13.0. The number of nitriles is 1. The Morgan fingerprint density at radius 1 is 1.35 bits per heavy atom. The van der Waals surface area contributed by atoms with Crippen molar-refractivity contribution in [3.63, 3.8) is 0 Å². The summed E-state index contributed by atoms with van der Waals surface area (Å²) < 4.78 is 13.9. The third-order valence-corrected chi connectivity index (χ3v) is 3.89. The Labute approximate surface area is 139 Å². The van der Waals surface area contributed by atoms with E-state index in [9.17, 15) is 4.39 Å². The van der Waals surface area contributed by atoms with Crippen LogP contribution in [0.2, 0.25) is 0 Å². The fraction of sp³-hybridized carbons (Fsp3) is 0.462. The van der Waals surface area contributed by atoms with E-state index in [1.165, 1.54) is 12.1 Å². The monoisotopic (exact) mass is 383 g/mol. The Morgan fingerprint density at radius 2 is 2.00 bits per heavy atom. The fourth-order valence-corrected chi connectivity index (χ4v) is 2.90. The highest BCUT2D eigenvalue weighted by Gasteiger charge is 2.23. The molecule has 1 aromatic carbocycles. The van der Waals surface area contributed by atoms with E-state index in [1.54, 1.807) is 6.07 Å². The number of rotatable bonds is 3. The molecule has 20 heavy (non-hydrogen) atoms. The van der Waals surface area contributed by atoms with Crippen LogP contribution in [0.1, 0.15) is 18.0 Å². The van der Waals surface area contributed by atoms with Gasteiger partial charge < -0.3 is 5.32 Å². The maximum absolute atomic E-state index is 13.1. The van der Waals surface area contributed by atoms with Gasteiger partial charge in [0.25, 0.3) is 0 Å². The van der Waals surface area contributed by atoms with Gasteiger partial charge in [-0.3, -0.25) is 4.90 Å². The Morgan fingerprint density at radius 3 is 2.55 bits per heavy atom. The summed E-state index contributed by atoms with van der Waals surface area (Å²) in [6.45, 7) is 3.69. The standard InChI is InChI=1S/C13H15BrFN3.2ClH/c14-12-9-10(15)1-2-11(12)13(3-4-16)18-7-5-17-6-8-18;;/h1-2,9,13,17H,3,5-8H2;2*1H/t13-;;/m1../s1. The lowest BCUT2D eigenvalue weighted by molar-refractivity contribution is 0.175. The predicted molar refractivity (Wildman–Crippen MR) is 86.0 cm³/mol. The lowest BCUT2D eigenvalue weighted by Crippen LogP contribution is -2.45. The number of piperazine rings is 1. The van der Waals surface area contributed by atoms with Gasteiger partial charge in [-0.05, 0) is 17.7 Å². The average molecular weight is 385 g/mol. The summed E-state index contributed by atoms with van der Waals surface area (Å²) in [4.78, 5) is 2.28. The molecule has 1 aliphatic rings. The van der Waals surface area contributed by atoms with Gasteiger partial charge in [-0.25, -0.2) is 4.39 Å². The Kier molecular flexibility index (Phi) is 9.36. The van der Waals surface area contributed by atoms with Crippen LogP contribution in [0, 0.1) is 17.1 Å². The minimum atomic E-state index is -0.262. The molecule has 2 rings (SSSR count). The molecule has 7 heteroatoms. The second-order valence-electron chi connectivity index (χ2n) is 4.33. The zero-order valence-corrected chi connectivity index (χ0v) is 14.0. The molecule has 1 aromatic rings. The van der Waals surface area contributed by atoms with Crippen LogP contribution in [0.5, 0.6) is 0 Å². The molecule has 112 valence electrons. The molecule has 0 radical (unpaired) electrons. The van der Waals surface area contributed by atoms with E-state index in [0.29, 0.717) is 6.42 Å². The van der Waals surface area contributed by atoms with Gasteiger partial charge in [0.15, 0.2) is 0 Å². The molecule has 1 fully saturated rings. The van der Waals surface area contributed by atoms with E-state index in [4.69, 9.17) is 5.26 Å². The molecule has 0 spiro atoms. The number of hydrogen-bond acceptors (Lipinski definition) is 3. The van der Waals surface area contributed by atoms with Crippen molar-refractivity contribution in [1.82, 2.24) is 10.2 Å². The third-order valence-electron chi connectivity index (χ3n) is 3.20. The molecule has 0 unspecified atom stereocenters. The largest absolute Gasteiger partial charge is 0.314 e. The fourth-order valence-electron chi connectivity index (χ4n) is 2.29. The van der Waals surface area contributed by atoms with Crippen molar-refractivity contribution in [3.8, 4) is 6.07 Å². The van der Waals surface area contributed by atoms with Crippen LogP contribution in [0.25, 0.3) is 0 Å². The van der Waals surface area contributed by atoms with Crippen LogP contribution in [-0.2, 0) is 0 Å². The van der Waals surface area contributed by atoms with Crippen LogP contribution in [-0.4, -0.2) is 31.1 Å². The number of hydrogen-bond donors (Lipinski definition) is 1. The quantitative estimate of drug-likeness (QED) is 0.868. The molecule has 0 saturated carbocycles. The van der Waals surface area contributed by atoms with E-state index in [1.807, 2.05) is 0 Å². The molecule has 1 aliphatic heterocycles. The predicted octanol–water partition coefficient (Wildman–Crippen LogP) is 3.29. The Hall–Kier alpha value is -0.380. The normalized spacial score (nSPS) is 16.4. The first-order valence-corrected chi connectivity index (χ1v) is 6.78. The van der Waals surface area contributed by atoms with E-state index in [0.717, 1.165) is 36.2 Å². The number of benzene rings is 1.